The summed E-state index contributed by atoms with van der Waals surface area (Å²) in [4.78, 5) is 30.9. The highest BCUT2D eigenvalue weighted by molar-refractivity contribution is 5.96. The monoisotopic (exact) mass is 427 g/mol. The number of aryl methyl sites for hydroxylation is 1. The lowest BCUT2D eigenvalue weighted by molar-refractivity contribution is -0.120. The van der Waals surface area contributed by atoms with Gasteiger partial charge in [-0.1, -0.05) is 6.07 Å². The first-order valence-corrected chi connectivity index (χ1v) is 10.3. The van der Waals surface area contributed by atoms with E-state index in [9.17, 15) is 9.59 Å². The molecule has 1 aromatic carbocycles. The first kappa shape index (κ1) is 22.4. The van der Waals surface area contributed by atoms with Crippen LogP contribution in [0.15, 0.2) is 36.5 Å². The molecule has 31 heavy (non-hydrogen) atoms. The van der Waals surface area contributed by atoms with Gasteiger partial charge in [-0.15, -0.1) is 0 Å². The molecule has 1 fully saturated rings. The number of likely N-dealkylation sites (tertiary alicyclic amines) is 1. The van der Waals surface area contributed by atoms with Gasteiger partial charge in [0, 0.05) is 12.6 Å². The third kappa shape index (κ3) is 5.87. The van der Waals surface area contributed by atoms with Gasteiger partial charge in [0.15, 0.2) is 11.5 Å². The molecule has 166 valence electrons. The first-order valence-electron chi connectivity index (χ1n) is 10.3. The van der Waals surface area contributed by atoms with Crippen molar-refractivity contribution in [1.29, 1.82) is 0 Å². The normalized spacial score (nSPS) is 16.0. The van der Waals surface area contributed by atoms with Crippen molar-refractivity contribution in [2.75, 3.05) is 19.0 Å². The molecular formula is C23H29N3O5. The minimum atomic E-state index is -0.611. The molecule has 1 saturated heterocycles. The van der Waals surface area contributed by atoms with Crippen LogP contribution in [0.3, 0.4) is 0 Å². The van der Waals surface area contributed by atoms with Crippen molar-refractivity contribution < 1.29 is 23.8 Å². The number of benzene rings is 1. The number of nitrogens with zero attached hydrogens (tertiary/aromatic N) is 2. The summed E-state index contributed by atoms with van der Waals surface area (Å²) in [5.74, 6) is 1.27. The zero-order chi connectivity index (χ0) is 22.6. The molecule has 2 heterocycles. The molecule has 8 heteroatoms. The zero-order valence-electron chi connectivity index (χ0n) is 18.6. The van der Waals surface area contributed by atoms with E-state index in [1.54, 1.807) is 40.0 Å². The third-order valence-corrected chi connectivity index (χ3v) is 4.72. The van der Waals surface area contributed by atoms with E-state index in [0.717, 1.165) is 12.0 Å². The van der Waals surface area contributed by atoms with Gasteiger partial charge in [-0.3, -0.25) is 9.69 Å². The Labute approximate surface area is 182 Å². The summed E-state index contributed by atoms with van der Waals surface area (Å²) in [7, 11) is 1.58. The molecule has 2 amide bonds. The van der Waals surface area contributed by atoms with Crippen molar-refractivity contribution in [3.63, 3.8) is 0 Å². The fraction of sp³-hybridized carbons (Fsp3) is 0.435. The van der Waals surface area contributed by atoms with Crippen LogP contribution in [-0.4, -0.2) is 47.2 Å². The molecule has 1 aromatic heterocycles. The molecule has 2 aromatic rings. The van der Waals surface area contributed by atoms with Gasteiger partial charge in [-0.25, -0.2) is 9.78 Å². The molecule has 0 spiro atoms. The second kappa shape index (κ2) is 9.24. The molecule has 1 unspecified atom stereocenters. The summed E-state index contributed by atoms with van der Waals surface area (Å²) in [6.45, 7) is 7.87. The Kier molecular flexibility index (Phi) is 6.68. The number of rotatable bonds is 5. The van der Waals surface area contributed by atoms with Crippen LogP contribution in [0.4, 0.5) is 10.5 Å². The number of methoxy groups -OCH3 is 1. The number of amides is 2. The lowest BCUT2D eigenvalue weighted by Gasteiger charge is -2.28. The van der Waals surface area contributed by atoms with Gasteiger partial charge in [0.25, 0.3) is 0 Å². The summed E-state index contributed by atoms with van der Waals surface area (Å²) in [5, 5.41) is 2.82. The van der Waals surface area contributed by atoms with Crippen LogP contribution < -0.4 is 14.8 Å². The maximum atomic E-state index is 12.8. The van der Waals surface area contributed by atoms with E-state index in [4.69, 9.17) is 14.2 Å². The van der Waals surface area contributed by atoms with Crippen LogP contribution in [-0.2, 0) is 9.53 Å². The number of pyridine rings is 1. The number of carbonyl (C=O) groups excluding carboxylic acids is 2. The first-order chi connectivity index (χ1) is 14.7. The molecule has 0 radical (unpaired) electrons. The average Bonchev–Trinajstić information content (AvgIpc) is 3.20. The van der Waals surface area contributed by atoms with Crippen LogP contribution >= 0.6 is 0 Å². The standard InChI is InChI=1S/C23H29N3O5/c1-15-8-10-18(19(13-15)29-5)30-20-11-9-16(14-24-20)25-21(27)17-7-6-12-26(17)22(28)31-23(2,3)4/h8-11,13-14,17H,6-7,12H2,1-5H3,(H,25,27). The van der Waals surface area contributed by atoms with Gasteiger partial charge in [0.1, 0.15) is 11.6 Å². The smallest absolute Gasteiger partial charge is 0.410 e. The van der Waals surface area contributed by atoms with E-state index < -0.39 is 17.7 Å². The van der Waals surface area contributed by atoms with Gasteiger partial charge in [0.2, 0.25) is 11.8 Å². The molecule has 1 atom stereocenters. The van der Waals surface area contributed by atoms with Gasteiger partial charge in [-0.2, -0.15) is 0 Å². The maximum Gasteiger partial charge on any atom is 0.410 e. The van der Waals surface area contributed by atoms with Crippen molar-refractivity contribution in [3.8, 4) is 17.4 Å². The van der Waals surface area contributed by atoms with Crippen LogP contribution in [0.2, 0.25) is 0 Å². The molecule has 3 rings (SSSR count). The van der Waals surface area contributed by atoms with Gasteiger partial charge < -0.3 is 19.5 Å². The van der Waals surface area contributed by atoms with Crippen molar-refractivity contribution in [2.24, 2.45) is 0 Å². The number of aromatic nitrogens is 1. The minimum Gasteiger partial charge on any atom is -0.493 e. The van der Waals surface area contributed by atoms with E-state index in [-0.39, 0.29) is 5.91 Å². The Morgan fingerprint density at radius 2 is 1.94 bits per heavy atom. The topological polar surface area (TPSA) is 90.0 Å². The van der Waals surface area contributed by atoms with Crippen molar-refractivity contribution in [3.05, 3.63) is 42.1 Å². The predicted molar refractivity (Wildman–Crippen MR) is 117 cm³/mol. The van der Waals surface area contributed by atoms with Crippen LogP contribution in [0.5, 0.6) is 17.4 Å². The van der Waals surface area contributed by atoms with E-state index >= 15 is 0 Å². The van der Waals surface area contributed by atoms with E-state index in [0.29, 0.717) is 36.0 Å². The summed E-state index contributed by atoms with van der Waals surface area (Å²) in [5.41, 5.74) is 0.965. The lowest BCUT2D eigenvalue weighted by atomic mass is 10.2. The Balaban J connectivity index is 1.63. The zero-order valence-corrected chi connectivity index (χ0v) is 18.6. The number of nitrogens with one attached hydrogen (secondary N) is 1. The highest BCUT2D eigenvalue weighted by atomic mass is 16.6. The molecule has 1 aliphatic heterocycles. The summed E-state index contributed by atoms with van der Waals surface area (Å²) >= 11 is 0. The quantitative estimate of drug-likeness (QED) is 0.754. The Bertz CT molecular complexity index is 937. The molecule has 0 saturated carbocycles. The molecule has 1 aliphatic rings. The predicted octanol–water partition coefficient (Wildman–Crippen LogP) is 4.53. The fourth-order valence-corrected chi connectivity index (χ4v) is 3.29. The second-order valence-corrected chi connectivity index (χ2v) is 8.46. The Morgan fingerprint density at radius 1 is 1.16 bits per heavy atom. The van der Waals surface area contributed by atoms with E-state index in [2.05, 4.69) is 10.3 Å². The summed E-state index contributed by atoms with van der Waals surface area (Å²) < 4.78 is 16.5. The summed E-state index contributed by atoms with van der Waals surface area (Å²) in [6, 6.07) is 8.41. The largest absolute Gasteiger partial charge is 0.493 e. The second-order valence-electron chi connectivity index (χ2n) is 8.46. The number of anilines is 1. The van der Waals surface area contributed by atoms with Crippen LogP contribution in [0, 0.1) is 6.92 Å². The number of carbonyl (C=O) groups is 2. The molecular weight excluding hydrogens is 398 g/mol. The third-order valence-electron chi connectivity index (χ3n) is 4.72. The van der Waals surface area contributed by atoms with E-state index in [1.807, 2.05) is 25.1 Å². The number of ether oxygens (including phenoxy) is 3. The summed E-state index contributed by atoms with van der Waals surface area (Å²) in [6.07, 6.45) is 2.38. The molecule has 0 aliphatic carbocycles. The average molecular weight is 428 g/mol. The number of hydrogen-bond acceptors (Lipinski definition) is 6. The van der Waals surface area contributed by atoms with Crippen molar-refractivity contribution >= 4 is 17.7 Å². The maximum absolute atomic E-state index is 12.8. The molecule has 1 N–H and O–H groups in total. The molecule has 0 bridgehead atoms. The van der Waals surface area contributed by atoms with E-state index in [1.165, 1.54) is 11.1 Å². The van der Waals surface area contributed by atoms with Crippen molar-refractivity contribution in [2.45, 2.75) is 52.2 Å². The van der Waals surface area contributed by atoms with Gasteiger partial charge in [0.05, 0.1) is 19.0 Å². The highest BCUT2D eigenvalue weighted by Crippen LogP contribution is 2.31. The van der Waals surface area contributed by atoms with Gasteiger partial charge in [-0.05, 0) is 64.3 Å². The van der Waals surface area contributed by atoms with Gasteiger partial charge >= 0.3 is 6.09 Å². The Hall–Kier alpha value is -3.29. The number of hydrogen-bond donors (Lipinski definition) is 1. The van der Waals surface area contributed by atoms with Crippen molar-refractivity contribution in [1.82, 2.24) is 9.88 Å². The molecule has 8 nitrogen and oxygen atoms in total. The highest BCUT2D eigenvalue weighted by Gasteiger charge is 2.36. The lowest BCUT2D eigenvalue weighted by Crippen LogP contribution is -2.45. The minimum absolute atomic E-state index is 0.265. The fourth-order valence-electron chi connectivity index (χ4n) is 3.29. The SMILES string of the molecule is COc1cc(C)ccc1Oc1ccc(NC(=O)C2CCCN2C(=O)OC(C)(C)C)cn1. The Morgan fingerprint density at radius 3 is 2.58 bits per heavy atom. The van der Waals surface area contributed by atoms with Crippen LogP contribution in [0.1, 0.15) is 39.2 Å². The van der Waals surface area contributed by atoms with Crippen LogP contribution in [0.25, 0.3) is 0 Å².